The lowest BCUT2D eigenvalue weighted by Crippen LogP contribution is -1.99. The van der Waals surface area contributed by atoms with Crippen LogP contribution in [-0.4, -0.2) is 15.3 Å². The Kier molecular flexibility index (Phi) is 4.19. The fourth-order valence-corrected chi connectivity index (χ4v) is 3.10. The van der Waals surface area contributed by atoms with E-state index >= 15 is 0 Å². The lowest BCUT2D eigenvalue weighted by atomic mass is 10.1. The number of rotatable bonds is 6. The molecule has 3 heterocycles. The average Bonchev–Trinajstić information content (AvgIpc) is 3.31. The Labute approximate surface area is 149 Å². The van der Waals surface area contributed by atoms with E-state index in [9.17, 15) is 0 Å². The van der Waals surface area contributed by atoms with Gasteiger partial charge in [0, 0.05) is 33.8 Å². The van der Waals surface area contributed by atoms with Crippen molar-refractivity contribution in [1.29, 1.82) is 0 Å². The summed E-state index contributed by atoms with van der Waals surface area (Å²) in [6.07, 6.45) is 3.14. The van der Waals surface area contributed by atoms with Crippen LogP contribution in [0, 0.1) is 6.92 Å². The molecule has 6 nitrogen and oxygen atoms in total. The summed E-state index contributed by atoms with van der Waals surface area (Å²) < 4.78 is 9.91. The average molecular weight is 357 g/mol. The monoisotopic (exact) mass is 356 g/mol. The molecule has 25 heavy (non-hydrogen) atoms. The minimum Gasteiger partial charge on any atom is -0.363 e. The summed E-state index contributed by atoms with van der Waals surface area (Å²) in [7, 11) is 0. The highest BCUT2D eigenvalue weighted by Gasteiger charge is 2.09. The molecule has 0 aliphatic heterocycles. The van der Waals surface area contributed by atoms with Crippen LogP contribution in [-0.2, 0) is 19.4 Å². The molecule has 0 atom stereocenters. The highest BCUT2D eigenvalue weighted by molar-refractivity contribution is 6.32. The number of anilines is 1. The minimum absolute atomic E-state index is 0.631. The predicted octanol–water partition coefficient (Wildman–Crippen LogP) is 4.50. The zero-order chi connectivity index (χ0) is 17.2. The maximum Gasteiger partial charge on any atom is 0.169 e. The molecule has 0 spiro atoms. The SMILES string of the molecule is Cc1cc(CCc2cc3[nH]c(CNc4ccon4)cc3cc2Cl)no1. The zero-order valence-electron chi connectivity index (χ0n) is 13.7. The third kappa shape index (κ3) is 3.53. The second-order valence-electron chi connectivity index (χ2n) is 5.99. The predicted molar refractivity (Wildman–Crippen MR) is 95.8 cm³/mol. The van der Waals surface area contributed by atoms with Crippen molar-refractivity contribution in [3.63, 3.8) is 0 Å². The molecular formula is C18H17ClN4O2. The van der Waals surface area contributed by atoms with Gasteiger partial charge in [0.2, 0.25) is 0 Å². The Morgan fingerprint density at radius 1 is 1.16 bits per heavy atom. The largest absolute Gasteiger partial charge is 0.363 e. The highest BCUT2D eigenvalue weighted by Crippen LogP contribution is 2.26. The van der Waals surface area contributed by atoms with Crippen molar-refractivity contribution in [3.05, 3.63) is 64.3 Å². The number of benzene rings is 1. The maximum absolute atomic E-state index is 6.45. The van der Waals surface area contributed by atoms with Gasteiger partial charge in [0.25, 0.3) is 0 Å². The molecule has 128 valence electrons. The molecule has 0 bridgehead atoms. The van der Waals surface area contributed by atoms with E-state index in [0.717, 1.165) is 51.5 Å². The van der Waals surface area contributed by atoms with Crippen molar-refractivity contribution < 1.29 is 9.05 Å². The van der Waals surface area contributed by atoms with Crippen LogP contribution < -0.4 is 5.32 Å². The van der Waals surface area contributed by atoms with Crippen molar-refractivity contribution in [2.24, 2.45) is 0 Å². The first-order valence-corrected chi connectivity index (χ1v) is 8.41. The number of hydrogen-bond donors (Lipinski definition) is 2. The first-order chi connectivity index (χ1) is 12.2. The normalized spacial score (nSPS) is 11.3. The lowest BCUT2D eigenvalue weighted by molar-refractivity contribution is 0.390. The van der Waals surface area contributed by atoms with Gasteiger partial charge in [0.05, 0.1) is 12.2 Å². The number of aromatic amines is 1. The minimum atomic E-state index is 0.631. The number of nitrogens with zero attached hydrogens (tertiary/aromatic N) is 2. The molecule has 0 unspecified atom stereocenters. The van der Waals surface area contributed by atoms with Crippen LogP contribution in [0.25, 0.3) is 10.9 Å². The second kappa shape index (κ2) is 6.64. The Balaban J connectivity index is 1.49. The quantitative estimate of drug-likeness (QED) is 0.531. The molecule has 0 saturated carbocycles. The van der Waals surface area contributed by atoms with Crippen LogP contribution >= 0.6 is 11.6 Å². The zero-order valence-corrected chi connectivity index (χ0v) is 14.4. The number of hydrogen-bond acceptors (Lipinski definition) is 5. The van der Waals surface area contributed by atoms with Crippen LogP contribution in [0.2, 0.25) is 5.02 Å². The highest BCUT2D eigenvalue weighted by atomic mass is 35.5. The van der Waals surface area contributed by atoms with Crippen LogP contribution in [0.5, 0.6) is 0 Å². The lowest BCUT2D eigenvalue weighted by Gasteiger charge is -2.03. The fraction of sp³-hybridized carbons (Fsp3) is 0.222. The second-order valence-corrected chi connectivity index (χ2v) is 6.40. The van der Waals surface area contributed by atoms with E-state index in [2.05, 4.69) is 32.7 Å². The maximum atomic E-state index is 6.45. The smallest absolute Gasteiger partial charge is 0.169 e. The Hall–Kier alpha value is -2.73. The van der Waals surface area contributed by atoms with Crippen LogP contribution in [0.1, 0.15) is 22.7 Å². The molecule has 0 fully saturated rings. The fourth-order valence-electron chi connectivity index (χ4n) is 2.83. The summed E-state index contributed by atoms with van der Waals surface area (Å²) in [5.41, 5.74) is 4.15. The number of aryl methyl sites for hydroxylation is 3. The Bertz CT molecular complexity index is 988. The molecule has 0 aliphatic rings. The van der Waals surface area contributed by atoms with Gasteiger partial charge in [-0.05, 0) is 43.5 Å². The van der Waals surface area contributed by atoms with Gasteiger partial charge in [-0.3, -0.25) is 0 Å². The van der Waals surface area contributed by atoms with Gasteiger partial charge in [-0.15, -0.1) is 0 Å². The Morgan fingerprint density at radius 2 is 2.08 bits per heavy atom. The summed E-state index contributed by atoms with van der Waals surface area (Å²) in [6, 6.07) is 9.91. The van der Waals surface area contributed by atoms with Gasteiger partial charge in [0.1, 0.15) is 12.0 Å². The first kappa shape index (κ1) is 15.8. The Morgan fingerprint density at radius 3 is 2.84 bits per heavy atom. The molecule has 0 aliphatic carbocycles. The number of aromatic nitrogens is 3. The van der Waals surface area contributed by atoms with Gasteiger partial charge in [-0.2, -0.15) is 0 Å². The van der Waals surface area contributed by atoms with E-state index in [1.165, 1.54) is 6.26 Å². The summed E-state index contributed by atoms with van der Waals surface area (Å²) in [6.45, 7) is 2.52. The molecule has 4 aromatic rings. The molecule has 3 aromatic heterocycles. The molecule has 4 rings (SSSR count). The van der Waals surface area contributed by atoms with Crippen molar-refractivity contribution >= 4 is 28.3 Å². The summed E-state index contributed by atoms with van der Waals surface area (Å²) in [4.78, 5) is 3.41. The summed E-state index contributed by atoms with van der Waals surface area (Å²) in [5.74, 6) is 1.53. The van der Waals surface area contributed by atoms with Crippen molar-refractivity contribution in [1.82, 2.24) is 15.3 Å². The standard InChI is InChI=1S/C18H17ClN4O2/c1-11-6-14(22-25-11)3-2-12-9-17-13(8-16(12)19)7-15(21-17)10-20-18-4-5-24-23-18/h4-9,21H,2-3,10H2,1H3,(H,20,23). The first-order valence-electron chi connectivity index (χ1n) is 8.04. The summed E-state index contributed by atoms with van der Waals surface area (Å²) in [5, 5.41) is 12.9. The van der Waals surface area contributed by atoms with Gasteiger partial charge >= 0.3 is 0 Å². The number of nitrogens with one attached hydrogen (secondary N) is 2. The van der Waals surface area contributed by atoms with Crippen molar-refractivity contribution in [2.75, 3.05) is 5.32 Å². The number of halogens is 1. The van der Waals surface area contributed by atoms with Crippen LogP contribution in [0.15, 0.2) is 45.6 Å². The van der Waals surface area contributed by atoms with E-state index in [-0.39, 0.29) is 0 Å². The topological polar surface area (TPSA) is 79.9 Å². The van der Waals surface area contributed by atoms with Gasteiger partial charge < -0.3 is 19.3 Å². The number of fused-ring (bicyclic) bond motifs is 1. The van der Waals surface area contributed by atoms with E-state index in [0.29, 0.717) is 12.4 Å². The van der Waals surface area contributed by atoms with Crippen LogP contribution in [0.3, 0.4) is 0 Å². The molecule has 7 heteroatoms. The molecule has 2 N–H and O–H groups in total. The molecule has 0 saturated heterocycles. The van der Waals surface area contributed by atoms with E-state index in [1.54, 1.807) is 6.07 Å². The van der Waals surface area contributed by atoms with Gasteiger partial charge in [0.15, 0.2) is 5.82 Å². The van der Waals surface area contributed by atoms with E-state index in [4.69, 9.17) is 20.6 Å². The van der Waals surface area contributed by atoms with E-state index < -0.39 is 0 Å². The van der Waals surface area contributed by atoms with Crippen molar-refractivity contribution in [3.8, 4) is 0 Å². The molecular weight excluding hydrogens is 340 g/mol. The van der Waals surface area contributed by atoms with Gasteiger partial charge in [-0.25, -0.2) is 0 Å². The molecule has 1 aromatic carbocycles. The third-order valence-corrected chi connectivity index (χ3v) is 4.42. The third-order valence-electron chi connectivity index (χ3n) is 4.07. The van der Waals surface area contributed by atoms with Crippen LogP contribution in [0.4, 0.5) is 5.82 Å². The van der Waals surface area contributed by atoms with Crippen molar-refractivity contribution in [2.45, 2.75) is 26.3 Å². The molecule has 0 amide bonds. The van der Waals surface area contributed by atoms with E-state index in [1.807, 2.05) is 19.1 Å². The molecule has 0 radical (unpaired) electrons. The number of H-pyrrole nitrogens is 1. The summed E-state index contributed by atoms with van der Waals surface area (Å²) >= 11 is 6.45. The van der Waals surface area contributed by atoms with Gasteiger partial charge in [-0.1, -0.05) is 21.9 Å².